The van der Waals surface area contributed by atoms with Crippen LogP contribution < -0.4 is 10.1 Å². The van der Waals surface area contributed by atoms with Gasteiger partial charge in [0.1, 0.15) is 24.7 Å². The number of hydrogen-bond donors (Lipinski definition) is 2. The zero-order valence-electron chi connectivity index (χ0n) is 15.1. The van der Waals surface area contributed by atoms with Crippen LogP contribution in [0.3, 0.4) is 0 Å². The maximum atomic E-state index is 12.1. The first-order chi connectivity index (χ1) is 12.9. The minimum absolute atomic E-state index is 0.146. The van der Waals surface area contributed by atoms with Gasteiger partial charge in [0.2, 0.25) is 5.91 Å². The third kappa shape index (κ3) is 4.20. The molecule has 3 rings (SSSR count). The number of hydrogen-bond acceptors (Lipinski definition) is 7. The number of carbonyl (C=O) groups is 3. The van der Waals surface area contributed by atoms with Gasteiger partial charge >= 0.3 is 12.0 Å². The number of nitrogens with zero attached hydrogens (tertiary/aromatic N) is 1. The lowest BCUT2D eigenvalue weighted by Crippen LogP contribution is -2.57. The second-order valence-corrected chi connectivity index (χ2v) is 6.61. The quantitative estimate of drug-likeness (QED) is 0.718. The van der Waals surface area contributed by atoms with Crippen molar-refractivity contribution in [2.24, 2.45) is 5.92 Å². The number of imide groups is 1. The van der Waals surface area contributed by atoms with Gasteiger partial charge in [-0.3, -0.25) is 15.0 Å². The van der Waals surface area contributed by atoms with Crippen molar-refractivity contribution >= 4 is 17.9 Å². The molecule has 2 fully saturated rings. The van der Waals surface area contributed by atoms with Crippen LogP contribution in [0, 0.1) is 5.92 Å². The second kappa shape index (κ2) is 7.93. The van der Waals surface area contributed by atoms with Crippen LogP contribution in [0.2, 0.25) is 0 Å². The fourth-order valence-electron chi connectivity index (χ4n) is 3.04. The van der Waals surface area contributed by atoms with Gasteiger partial charge < -0.3 is 19.3 Å². The van der Waals surface area contributed by atoms with Crippen LogP contribution in [0.1, 0.15) is 23.7 Å². The van der Waals surface area contributed by atoms with Gasteiger partial charge in [-0.2, -0.15) is 0 Å². The predicted molar refractivity (Wildman–Crippen MR) is 92.0 cm³/mol. The van der Waals surface area contributed by atoms with E-state index in [4.69, 9.17) is 14.2 Å². The van der Waals surface area contributed by atoms with Crippen molar-refractivity contribution in [3.05, 3.63) is 29.8 Å². The molecular weight excluding hydrogens is 356 g/mol. The summed E-state index contributed by atoms with van der Waals surface area (Å²) in [4.78, 5) is 37.0. The number of aliphatic hydroxyl groups is 1. The number of nitrogens with one attached hydrogen (secondary N) is 1. The molecule has 0 saturated carbocycles. The standard InChI is InChI=1S/C18H22N2O7/c1-10-8-20(18(24)19-16(10)22)15-7-13(21)14(27-15)9-26-17(23)11-3-5-12(25-2)6-4-11/h3-6,10,13-15,21H,7-9H2,1-2H3,(H,19,22,24)/t10?,13-,14+,15+/m0/s1. The second-order valence-electron chi connectivity index (χ2n) is 6.61. The molecule has 0 bridgehead atoms. The molecular formula is C18H22N2O7. The van der Waals surface area contributed by atoms with Crippen LogP contribution in [0.25, 0.3) is 0 Å². The van der Waals surface area contributed by atoms with E-state index in [2.05, 4.69) is 5.32 Å². The number of aliphatic hydroxyl groups excluding tert-OH is 1. The third-order valence-corrected chi connectivity index (χ3v) is 4.67. The van der Waals surface area contributed by atoms with Crippen LogP contribution in [-0.4, -0.2) is 66.6 Å². The van der Waals surface area contributed by atoms with Gasteiger partial charge in [-0.1, -0.05) is 6.92 Å². The fraction of sp³-hybridized carbons (Fsp3) is 0.500. The van der Waals surface area contributed by atoms with Gasteiger partial charge in [0, 0.05) is 13.0 Å². The van der Waals surface area contributed by atoms with Crippen molar-refractivity contribution in [1.29, 1.82) is 0 Å². The van der Waals surface area contributed by atoms with Crippen molar-refractivity contribution in [2.45, 2.75) is 31.8 Å². The first-order valence-electron chi connectivity index (χ1n) is 8.65. The largest absolute Gasteiger partial charge is 0.497 e. The van der Waals surface area contributed by atoms with Crippen molar-refractivity contribution in [2.75, 3.05) is 20.3 Å². The monoisotopic (exact) mass is 378 g/mol. The van der Waals surface area contributed by atoms with Gasteiger partial charge in [0.05, 0.1) is 24.7 Å². The van der Waals surface area contributed by atoms with E-state index in [1.54, 1.807) is 31.2 Å². The highest BCUT2D eigenvalue weighted by Gasteiger charge is 2.42. The molecule has 1 aromatic rings. The van der Waals surface area contributed by atoms with E-state index in [-0.39, 0.29) is 31.4 Å². The summed E-state index contributed by atoms with van der Waals surface area (Å²) in [6.07, 6.45) is -2.14. The van der Waals surface area contributed by atoms with Crippen LogP contribution in [0.15, 0.2) is 24.3 Å². The minimum Gasteiger partial charge on any atom is -0.497 e. The Labute approximate surface area is 156 Å². The van der Waals surface area contributed by atoms with Crippen molar-refractivity contribution in [3.8, 4) is 5.75 Å². The molecule has 1 unspecified atom stereocenters. The Morgan fingerprint density at radius 1 is 1.33 bits per heavy atom. The Kier molecular flexibility index (Phi) is 5.62. The van der Waals surface area contributed by atoms with Gasteiger partial charge in [-0.15, -0.1) is 0 Å². The minimum atomic E-state index is -0.889. The number of ether oxygens (including phenoxy) is 3. The van der Waals surface area contributed by atoms with Gasteiger partial charge in [0.15, 0.2) is 0 Å². The summed E-state index contributed by atoms with van der Waals surface area (Å²) in [5.41, 5.74) is 0.350. The maximum absolute atomic E-state index is 12.1. The zero-order valence-corrected chi connectivity index (χ0v) is 15.1. The SMILES string of the molecule is COc1ccc(C(=O)OC[C@H]2O[C@@H](N3CC(C)C(=O)NC3=O)C[C@@H]2O)cc1. The summed E-state index contributed by atoms with van der Waals surface area (Å²) in [5, 5.41) is 12.4. The normalized spacial score (nSPS) is 28.0. The lowest BCUT2D eigenvalue weighted by molar-refractivity contribution is -0.128. The molecule has 27 heavy (non-hydrogen) atoms. The van der Waals surface area contributed by atoms with Crippen LogP contribution >= 0.6 is 0 Å². The number of urea groups is 1. The van der Waals surface area contributed by atoms with Crippen LogP contribution in [0.5, 0.6) is 5.75 Å². The zero-order chi connectivity index (χ0) is 19.6. The van der Waals surface area contributed by atoms with E-state index >= 15 is 0 Å². The Morgan fingerprint density at radius 3 is 2.70 bits per heavy atom. The number of rotatable bonds is 5. The lowest BCUT2D eigenvalue weighted by Gasteiger charge is -2.34. The third-order valence-electron chi connectivity index (χ3n) is 4.67. The predicted octanol–water partition coefficient (Wildman–Crippen LogP) is 0.516. The highest BCUT2D eigenvalue weighted by molar-refractivity contribution is 5.97. The summed E-state index contributed by atoms with van der Waals surface area (Å²) in [6.45, 7) is 1.77. The molecule has 1 aromatic carbocycles. The number of amides is 3. The molecule has 0 aliphatic carbocycles. The van der Waals surface area contributed by atoms with Crippen molar-refractivity contribution in [1.82, 2.24) is 10.2 Å². The molecule has 4 atom stereocenters. The Hall–Kier alpha value is -2.65. The van der Waals surface area contributed by atoms with Gasteiger partial charge in [0.25, 0.3) is 0 Å². The molecule has 0 aromatic heterocycles. The van der Waals surface area contributed by atoms with Crippen LogP contribution in [-0.2, 0) is 14.3 Å². The summed E-state index contributed by atoms with van der Waals surface area (Å²) < 4.78 is 15.9. The summed E-state index contributed by atoms with van der Waals surface area (Å²) in [5.74, 6) is -0.626. The molecule has 9 nitrogen and oxygen atoms in total. The van der Waals surface area contributed by atoms with E-state index in [1.807, 2.05) is 0 Å². The van der Waals surface area contributed by atoms with Crippen molar-refractivity contribution < 1.29 is 33.7 Å². The molecule has 3 amide bonds. The molecule has 0 spiro atoms. The number of esters is 1. The molecule has 9 heteroatoms. The lowest BCUT2D eigenvalue weighted by atomic mass is 10.1. The molecule has 2 saturated heterocycles. The summed E-state index contributed by atoms with van der Waals surface area (Å²) >= 11 is 0. The molecule has 146 valence electrons. The number of carbonyl (C=O) groups excluding carboxylic acids is 3. The Bertz CT molecular complexity index is 721. The Balaban J connectivity index is 1.54. The molecule has 2 N–H and O–H groups in total. The van der Waals surface area contributed by atoms with Crippen molar-refractivity contribution in [3.63, 3.8) is 0 Å². The topological polar surface area (TPSA) is 114 Å². The van der Waals surface area contributed by atoms with Gasteiger partial charge in [-0.05, 0) is 24.3 Å². The maximum Gasteiger partial charge on any atom is 0.338 e. The smallest absolute Gasteiger partial charge is 0.338 e. The summed E-state index contributed by atoms with van der Waals surface area (Å²) in [6, 6.07) is 5.89. The average molecular weight is 378 g/mol. The molecule has 2 aliphatic rings. The highest BCUT2D eigenvalue weighted by atomic mass is 16.6. The van der Waals surface area contributed by atoms with E-state index in [0.29, 0.717) is 11.3 Å². The molecule has 2 aliphatic heterocycles. The van der Waals surface area contributed by atoms with Crippen LogP contribution in [0.4, 0.5) is 4.79 Å². The van der Waals surface area contributed by atoms with Gasteiger partial charge in [-0.25, -0.2) is 9.59 Å². The molecule has 2 heterocycles. The van der Waals surface area contributed by atoms with E-state index in [0.717, 1.165) is 0 Å². The Morgan fingerprint density at radius 2 is 2.04 bits per heavy atom. The number of benzene rings is 1. The molecule has 0 radical (unpaired) electrons. The number of methoxy groups -OCH3 is 1. The first-order valence-corrected chi connectivity index (χ1v) is 8.65. The first kappa shape index (κ1) is 19.1. The highest BCUT2D eigenvalue weighted by Crippen LogP contribution is 2.26. The van der Waals surface area contributed by atoms with E-state index in [1.165, 1.54) is 12.0 Å². The van der Waals surface area contributed by atoms with E-state index in [9.17, 15) is 19.5 Å². The summed E-state index contributed by atoms with van der Waals surface area (Å²) in [7, 11) is 1.53. The average Bonchev–Trinajstić information content (AvgIpc) is 3.03. The fourth-order valence-corrected chi connectivity index (χ4v) is 3.04. The van der Waals surface area contributed by atoms with E-state index < -0.39 is 30.4 Å².